The fourth-order valence-electron chi connectivity index (χ4n) is 2.18. The molecular formula is C19H21N3O2S3. The zero-order valence-corrected chi connectivity index (χ0v) is 18.1. The van der Waals surface area contributed by atoms with Gasteiger partial charge >= 0.3 is 0 Å². The Kier molecular flexibility index (Phi) is 6.18. The van der Waals surface area contributed by atoms with Crippen molar-refractivity contribution in [1.29, 1.82) is 0 Å². The van der Waals surface area contributed by atoms with E-state index in [0.717, 1.165) is 27.0 Å². The van der Waals surface area contributed by atoms with Crippen LogP contribution in [0.3, 0.4) is 0 Å². The summed E-state index contributed by atoms with van der Waals surface area (Å²) in [6.07, 6.45) is 0. The Morgan fingerprint density at radius 1 is 1.15 bits per heavy atom. The van der Waals surface area contributed by atoms with Gasteiger partial charge in [-0.2, -0.15) is 0 Å². The lowest BCUT2D eigenvalue weighted by atomic mass is 9.93. The minimum Gasteiger partial charge on any atom is -0.497 e. The van der Waals surface area contributed by atoms with Crippen molar-refractivity contribution in [2.24, 2.45) is 0 Å². The molecular weight excluding hydrogens is 398 g/mol. The highest BCUT2D eigenvalue weighted by atomic mass is 32.2. The SMILES string of the molecule is COc1ccc(-c2csc(NC(=O)CSc3nc(C(C)(C)C)cs3)n2)cc1. The topological polar surface area (TPSA) is 64.1 Å². The predicted octanol–water partition coefficient (Wildman–Crippen LogP) is 5.30. The van der Waals surface area contributed by atoms with E-state index in [4.69, 9.17) is 4.74 Å². The van der Waals surface area contributed by atoms with Crippen LogP contribution in [0.5, 0.6) is 5.75 Å². The molecule has 1 N–H and O–H groups in total. The van der Waals surface area contributed by atoms with Gasteiger partial charge in [0.1, 0.15) is 5.75 Å². The number of carbonyl (C=O) groups is 1. The predicted molar refractivity (Wildman–Crippen MR) is 114 cm³/mol. The molecule has 2 heterocycles. The van der Waals surface area contributed by atoms with Crippen molar-refractivity contribution in [3.8, 4) is 17.0 Å². The third-order valence-corrected chi connectivity index (χ3v) is 6.49. The van der Waals surface area contributed by atoms with Crippen molar-refractivity contribution in [1.82, 2.24) is 9.97 Å². The van der Waals surface area contributed by atoms with Gasteiger partial charge in [-0.3, -0.25) is 4.79 Å². The number of hydrogen-bond acceptors (Lipinski definition) is 7. The van der Waals surface area contributed by atoms with E-state index in [9.17, 15) is 4.79 Å². The summed E-state index contributed by atoms with van der Waals surface area (Å²) in [7, 11) is 1.64. The molecule has 0 atom stereocenters. The molecule has 0 aliphatic heterocycles. The van der Waals surface area contributed by atoms with Gasteiger partial charge < -0.3 is 10.1 Å². The first-order valence-electron chi connectivity index (χ1n) is 8.34. The molecule has 1 aromatic carbocycles. The van der Waals surface area contributed by atoms with Gasteiger partial charge in [-0.25, -0.2) is 9.97 Å². The molecule has 0 spiro atoms. The first kappa shape index (κ1) is 19.9. The van der Waals surface area contributed by atoms with Crippen LogP contribution in [0.25, 0.3) is 11.3 Å². The van der Waals surface area contributed by atoms with E-state index in [1.165, 1.54) is 23.1 Å². The molecule has 0 bridgehead atoms. The first-order valence-corrected chi connectivity index (χ1v) is 11.1. The van der Waals surface area contributed by atoms with Crippen molar-refractivity contribution in [3.05, 3.63) is 40.7 Å². The van der Waals surface area contributed by atoms with E-state index in [-0.39, 0.29) is 11.3 Å². The smallest absolute Gasteiger partial charge is 0.236 e. The van der Waals surface area contributed by atoms with E-state index < -0.39 is 0 Å². The molecule has 27 heavy (non-hydrogen) atoms. The summed E-state index contributed by atoms with van der Waals surface area (Å²) in [5.41, 5.74) is 2.90. The van der Waals surface area contributed by atoms with Crippen LogP contribution < -0.4 is 10.1 Å². The quantitative estimate of drug-likeness (QED) is 0.549. The second-order valence-electron chi connectivity index (χ2n) is 6.85. The average molecular weight is 420 g/mol. The van der Waals surface area contributed by atoms with Gasteiger partial charge in [0.15, 0.2) is 9.47 Å². The molecule has 0 fully saturated rings. The van der Waals surface area contributed by atoms with Crippen molar-refractivity contribution in [2.45, 2.75) is 30.5 Å². The van der Waals surface area contributed by atoms with Gasteiger partial charge in [-0.05, 0) is 24.3 Å². The Morgan fingerprint density at radius 2 is 1.89 bits per heavy atom. The summed E-state index contributed by atoms with van der Waals surface area (Å²) < 4.78 is 6.08. The number of anilines is 1. The Bertz CT molecular complexity index is 911. The maximum atomic E-state index is 12.2. The molecule has 1 amide bonds. The summed E-state index contributed by atoms with van der Waals surface area (Å²) in [6, 6.07) is 7.68. The highest BCUT2D eigenvalue weighted by molar-refractivity contribution is 8.01. The number of aromatic nitrogens is 2. The van der Waals surface area contributed by atoms with E-state index in [1.54, 1.807) is 18.4 Å². The van der Waals surface area contributed by atoms with Crippen molar-refractivity contribution >= 4 is 45.5 Å². The maximum Gasteiger partial charge on any atom is 0.236 e. The zero-order valence-electron chi connectivity index (χ0n) is 15.6. The summed E-state index contributed by atoms with van der Waals surface area (Å²) in [5.74, 6) is 1.04. The molecule has 0 saturated carbocycles. The minimum atomic E-state index is -0.0804. The maximum absolute atomic E-state index is 12.2. The van der Waals surface area contributed by atoms with Gasteiger partial charge in [0.05, 0.1) is 24.3 Å². The molecule has 0 saturated heterocycles. The largest absolute Gasteiger partial charge is 0.497 e. The number of nitrogens with zero attached hydrogens (tertiary/aromatic N) is 2. The molecule has 3 rings (SSSR count). The zero-order chi connectivity index (χ0) is 19.4. The molecule has 5 nitrogen and oxygen atoms in total. The Hall–Kier alpha value is -1.90. The van der Waals surface area contributed by atoms with E-state index >= 15 is 0 Å². The Labute approximate surface area is 171 Å². The summed E-state index contributed by atoms with van der Waals surface area (Å²) >= 11 is 4.44. The number of hydrogen-bond donors (Lipinski definition) is 1. The van der Waals surface area contributed by atoms with Gasteiger partial charge in [0.2, 0.25) is 5.91 Å². The molecule has 0 aliphatic carbocycles. The molecule has 0 aliphatic rings. The monoisotopic (exact) mass is 419 g/mol. The van der Waals surface area contributed by atoms with Crippen molar-refractivity contribution in [3.63, 3.8) is 0 Å². The first-order chi connectivity index (χ1) is 12.8. The van der Waals surface area contributed by atoms with Crippen LogP contribution in [-0.4, -0.2) is 28.7 Å². The third kappa shape index (κ3) is 5.31. The number of benzene rings is 1. The van der Waals surface area contributed by atoms with E-state index in [0.29, 0.717) is 10.9 Å². The molecule has 8 heteroatoms. The summed E-state index contributed by atoms with van der Waals surface area (Å²) in [4.78, 5) is 21.3. The fourth-order valence-corrected chi connectivity index (χ4v) is 4.76. The van der Waals surface area contributed by atoms with Gasteiger partial charge in [-0.15, -0.1) is 22.7 Å². The normalized spacial score (nSPS) is 11.4. The molecule has 142 valence electrons. The van der Waals surface area contributed by atoms with Gasteiger partial charge in [0, 0.05) is 21.7 Å². The van der Waals surface area contributed by atoms with Crippen molar-refractivity contribution < 1.29 is 9.53 Å². The number of methoxy groups -OCH3 is 1. The lowest BCUT2D eigenvalue weighted by Gasteiger charge is -2.14. The van der Waals surface area contributed by atoms with Crippen molar-refractivity contribution in [2.75, 3.05) is 18.2 Å². The van der Waals surface area contributed by atoms with Crippen LogP contribution in [0.1, 0.15) is 26.5 Å². The Morgan fingerprint density at radius 3 is 2.52 bits per heavy atom. The van der Waals surface area contributed by atoms with Crippen LogP contribution in [0.4, 0.5) is 5.13 Å². The number of carbonyl (C=O) groups excluding carboxylic acids is 1. The summed E-state index contributed by atoms with van der Waals surface area (Å²) in [6.45, 7) is 6.39. The number of ether oxygens (including phenoxy) is 1. The van der Waals surface area contributed by atoms with Crippen LogP contribution in [0.15, 0.2) is 39.4 Å². The fraction of sp³-hybridized carbons (Fsp3) is 0.316. The number of rotatable bonds is 6. The van der Waals surface area contributed by atoms with Crippen LogP contribution in [-0.2, 0) is 10.2 Å². The highest BCUT2D eigenvalue weighted by Gasteiger charge is 2.18. The molecule has 0 unspecified atom stereocenters. The number of nitrogens with one attached hydrogen (secondary N) is 1. The van der Waals surface area contributed by atoms with E-state index in [2.05, 4.69) is 41.4 Å². The van der Waals surface area contributed by atoms with Gasteiger partial charge in [0.25, 0.3) is 0 Å². The number of thioether (sulfide) groups is 1. The standard InChI is InChI=1S/C19H21N3O2S3/c1-19(2,3)15-10-26-18(21-15)27-11-16(23)22-17-20-14(9-25-17)12-5-7-13(24-4)8-6-12/h5-10H,11H2,1-4H3,(H,20,22,23). The van der Waals surface area contributed by atoms with Crippen LogP contribution >= 0.6 is 34.4 Å². The number of thiazole rings is 2. The van der Waals surface area contributed by atoms with E-state index in [1.807, 2.05) is 29.6 Å². The average Bonchev–Trinajstić information content (AvgIpc) is 3.29. The molecule has 3 aromatic rings. The highest BCUT2D eigenvalue weighted by Crippen LogP contribution is 2.30. The number of amides is 1. The van der Waals surface area contributed by atoms with Gasteiger partial charge in [-0.1, -0.05) is 32.5 Å². The molecule has 0 radical (unpaired) electrons. The lowest BCUT2D eigenvalue weighted by Crippen LogP contribution is -2.14. The minimum absolute atomic E-state index is 0.0241. The summed E-state index contributed by atoms with van der Waals surface area (Å²) in [5, 5.41) is 7.45. The third-order valence-electron chi connectivity index (χ3n) is 3.71. The molecule has 2 aromatic heterocycles. The lowest BCUT2D eigenvalue weighted by molar-refractivity contribution is -0.113. The van der Waals surface area contributed by atoms with Crippen LogP contribution in [0, 0.1) is 0 Å². The Balaban J connectivity index is 1.55. The van der Waals surface area contributed by atoms with Crippen LogP contribution in [0.2, 0.25) is 0 Å². The second-order valence-corrected chi connectivity index (χ2v) is 9.79. The second kappa shape index (κ2) is 8.41.